The Kier molecular flexibility index (Phi) is 6.43. The summed E-state index contributed by atoms with van der Waals surface area (Å²) in [7, 11) is 0. The quantitative estimate of drug-likeness (QED) is 0.754. The van der Waals surface area contributed by atoms with Crippen LogP contribution in [0, 0.1) is 12.8 Å². The Morgan fingerprint density at radius 3 is 2.85 bits per heavy atom. The molecule has 3 rings (SSSR count). The number of thiazole rings is 1. The van der Waals surface area contributed by atoms with Crippen LogP contribution in [0.4, 0.5) is 0 Å². The zero-order valence-electron chi connectivity index (χ0n) is 15.7. The van der Waals surface area contributed by atoms with E-state index in [-0.39, 0.29) is 17.4 Å². The average Bonchev–Trinajstić information content (AvgIpc) is 3.00. The molecule has 0 unspecified atom stereocenters. The van der Waals surface area contributed by atoms with Crippen LogP contribution < -0.4 is 10.9 Å². The van der Waals surface area contributed by atoms with E-state index in [0.29, 0.717) is 6.54 Å². The van der Waals surface area contributed by atoms with Gasteiger partial charge in [-0.3, -0.25) is 18.9 Å². The SMILES string of the molecule is CCCCCNC(=O)C1CCN(Cc2cc(=O)n3c(C)csc3n2)CC1. The molecule has 0 radical (unpaired) electrons. The number of hydrogen-bond acceptors (Lipinski definition) is 5. The number of amides is 1. The van der Waals surface area contributed by atoms with E-state index >= 15 is 0 Å². The van der Waals surface area contributed by atoms with Crippen molar-refractivity contribution in [2.45, 2.75) is 52.5 Å². The van der Waals surface area contributed by atoms with Crippen molar-refractivity contribution in [3.05, 3.63) is 33.2 Å². The molecule has 1 aliphatic rings. The second-order valence-electron chi connectivity index (χ2n) is 7.13. The molecule has 7 heteroatoms. The van der Waals surface area contributed by atoms with Crippen LogP contribution in [0.3, 0.4) is 0 Å². The van der Waals surface area contributed by atoms with Crippen LogP contribution >= 0.6 is 11.3 Å². The largest absolute Gasteiger partial charge is 0.356 e. The molecule has 0 aliphatic carbocycles. The third-order valence-corrected chi connectivity index (χ3v) is 6.00. The van der Waals surface area contributed by atoms with E-state index < -0.39 is 0 Å². The van der Waals surface area contributed by atoms with Crippen LogP contribution in [-0.2, 0) is 11.3 Å². The summed E-state index contributed by atoms with van der Waals surface area (Å²) in [5.41, 5.74) is 1.74. The van der Waals surface area contributed by atoms with E-state index in [1.54, 1.807) is 10.5 Å². The number of piperidine rings is 1. The molecule has 2 aromatic rings. The van der Waals surface area contributed by atoms with Gasteiger partial charge in [0, 0.05) is 36.1 Å². The Balaban J connectivity index is 1.51. The van der Waals surface area contributed by atoms with Crippen molar-refractivity contribution < 1.29 is 4.79 Å². The lowest BCUT2D eigenvalue weighted by atomic mass is 9.95. The van der Waals surface area contributed by atoms with Gasteiger partial charge in [-0.25, -0.2) is 4.98 Å². The fraction of sp³-hybridized carbons (Fsp3) is 0.632. The predicted molar refractivity (Wildman–Crippen MR) is 105 cm³/mol. The van der Waals surface area contributed by atoms with E-state index in [2.05, 4.69) is 22.1 Å². The molecule has 1 saturated heterocycles. The predicted octanol–water partition coefficient (Wildman–Crippen LogP) is 2.58. The lowest BCUT2D eigenvalue weighted by Gasteiger charge is -2.31. The second kappa shape index (κ2) is 8.77. The summed E-state index contributed by atoms with van der Waals surface area (Å²) in [5, 5.41) is 5.03. The smallest absolute Gasteiger partial charge is 0.259 e. The molecule has 142 valence electrons. The van der Waals surface area contributed by atoms with Gasteiger partial charge in [0.1, 0.15) is 0 Å². The van der Waals surface area contributed by atoms with Crippen LogP contribution in [0.5, 0.6) is 0 Å². The zero-order chi connectivity index (χ0) is 18.5. The number of carbonyl (C=O) groups excluding carboxylic acids is 1. The van der Waals surface area contributed by atoms with E-state index in [9.17, 15) is 9.59 Å². The third-order valence-electron chi connectivity index (χ3n) is 5.05. The fourth-order valence-electron chi connectivity index (χ4n) is 3.50. The Hall–Kier alpha value is -1.73. The molecule has 0 atom stereocenters. The number of nitrogens with one attached hydrogen (secondary N) is 1. The Morgan fingerprint density at radius 2 is 2.12 bits per heavy atom. The highest BCUT2D eigenvalue weighted by Crippen LogP contribution is 2.19. The third kappa shape index (κ3) is 4.51. The Morgan fingerprint density at radius 1 is 1.35 bits per heavy atom. The summed E-state index contributed by atoms with van der Waals surface area (Å²) >= 11 is 1.50. The van der Waals surface area contributed by atoms with Crippen molar-refractivity contribution in [1.82, 2.24) is 19.6 Å². The maximum absolute atomic E-state index is 12.3. The number of unbranched alkanes of at least 4 members (excludes halogenated alkanes) is 2. The average molecular weight is 377 g/mol. The zero-order valence-corrected chi connectivity index (χ0v) is 16.5. The van der Waals surface area contributed by atoms with Crippen molar-refractivity contribution in [2.24, 2.45) is 5.92 Å². The summed E-state index contributed by atoms with van der Waals surface area (Å²) in [6.07, 6.45) is 5.15. The van der Waals surface area contributed by atoms with E-state index in [1.807, 2.05) is 12.3 Å². The lowest BCUT2D eigenvalue weighted by Crippen LogP contribution is -2.40. The van der Waals surface area contributed by atoms with Crippen LogP contribution in [0.25, 0.3) is 4.96 Å². The van der Waals surface area contributed by atoms with Crippen LogP contribution in [0.1, 0.15) is 50.4 Å². The number of nitrogens with zero attached hydrogens (tertiary/aromatic N) is 3. The Bertz CT molecular complexity index is 805. The summed E-state index contributed by atoms with van der Waals surface area (Å²) in [6, 6.07) is 1.64. The normalized spacial score (nSPS) is 16.2. The Labute approximate surface area is 158 Å². The minimum atomic E-state index is -0.00917. The molecule has 3 heterocycles. The summed E-state index contributed by atoms with van der Waals surface area (Å²) in [4.78, 5) is 32.2. The first-order valence-corrected chi connectivity index (χ1v) is 10.4. The van der Waals surface area contributed by atoms with Crippen LogP contribution in [0.2, 0.25) is 0 Å². The highest BCUT2D eigenvalue weighted by atomic mass is 32.1. The van der Waals surface area contributed by atoms with Gasteiger partial charge in [-0.1, -0.05) is 19.8 Å². The summed E-state index contributed by atoms with van der Waals surface area (Å²) in [5.74, 6) is 0.321. The van der Waals surface area contributed by atoms with Crippen molar-refractivity contribution in [3.63, 3.8) is 0 Å². The molecule has 1 fully saturated rings. The minimum absolute atomic E-state index is 0.00917. The summed E-state index contributed by atoms with van der Waals surface area (Å²) in [6.45, 7) is 7.30. The maximum Gasteiger partial charge on any atom is 0.259 e. The monoisotopic (exact) mass is 376 g/mol. The van der Waals surface area contributed by atoms with Crippen LogP contribution in [-0.4, -0.2) is 39.8 Å². The molecule has 0 saturated carbocycles. The van der Waals surface area contributed by atoms with Gasteiger partial charge in [0.15, 0.2) is 4.96 Å². The first kappa shape index (κ1) is 19.0. The molecular formula is C19H28N4O2S. The summed E-state index contributed by atoms with van der Waals surface area (Å²) < 4.78 is 1.66. The molecule has 0 aromatic carbocycles. The van der Waals surface area contributed by atoms with Gasteiger partial charge in [-0.2, -0.15) is 0 Å². The molecule has 1 amide bonds. The number of rotatable bonds is 7. The molecule has 0 spiro atoms. The number of aryl methyl sites for hydroxylation is 1. The van der Waals surface area contributed by atoms with Gasteiger partial charge < -0.3 is 5.32 Å². The van der Waals surface area contributed by atoms with Crippen molar-refractivity contribution in [3.8, 4) is 0 Å². The van der Waals surface area contributed by atoms with E-state index in [1.165, 1.54) is 24.2 Å². The number of aromatic nitrogens is 2. The first-order valence-electron chi connectivity index (χ1n) is 9.55. The minimum Gasteiger partial charge on any atom is -0.356 e. The van der Waals surface area contributed by atoms with Gasteiger partial charge in [-0.05, 0) is 39.3 Å². The van der Waals surface area contributed by atoms with Crippen molar-refractivity contribution >= 4 is 22.2 Å². The topological polar surface area (TPSA) is 66.7 Å². The lowest BCUT2D eigenvalue weighted by molar-refractivity contribution is -0.126. The maximum atomic E-state index is 12.3. The molecule has 0 bridgehead atoms. The molecular weight excluding hydrogens is 348 g/mol. The standard InChI is InChI=1S/C19H28N4O2S/c1-3-4-5-8-20-18(25)15-6-9-22(10-7-15)12-16-11-17(24)23-14(2)13-26-19(23)21-16/h11,13,15H,3-10,12H2,1-2H3,(H,20,25). The van der Waals surface area contributed by atoms with E-state index in [4.69, 9.17) is 0 Å². The van der Waals surface area contributed by atoms with Crippen molar-refractivity contribution in [1.29, 1.82) is 0 Å². The molecule has 2 aromatic heterocycles. The second-order valence-corrected chi connectivity index (χ2v) is 7.97. The first-order chi connectivity index (χ1) is 12.6. The number of hydrogen-bond donors (Lipinski definition) is 1. The van der Waals surface area contributed by atoms with Gasteiger partial charge >= 0.3 is 0 Å². The van der Waals surface area contributed by atoms with Gasteiger partial charge in [0.05, 0.1) is 5.69 Å². The van der Waals surface area contributed by atoms with Crippen molar-refractivity contribution in [2.75, 3.05) is 19.6 Å². The van der Waals surface area contributed by atoms with E-state index in [0.717, 1.165) is 55.2 Å². The van der Waals surface area contributed by atoms with Gasteiger partial charge in [0.25, 0.3) is 5.56 Å². The number of likely N-dealkylation sites (tertiary alicyclic amines) is 1. The molecule has 6 nitrogen and oxygen atoms in total. The molecule has 26 heavy (non-hydrogen) atoms. The number of fused-ring (bicyclic) bond motifs is 1. The highest BCUT2D eigenvalue weighted by molar-refractivity contribution is 7.15. The fourth-order valence-corrected chi connectivity index (χ4v) is 4.39. The number of carbonyl (C=O) groups is 1. The highest BCUT2D eigenvalue weighted by Gasteiger charge is 2.25. The van der Waals surface area contributed by atoms with Gasteiger partial charge in [0.2, 0.25) is 5.91 Å². The van der Waals surface area contributed by atoms with Gasteiger partial charge in [-0.15, -0.1) is 11.3 Å². The molecule has 1 aliphatic heterocycles. The van der Waals surface area contributed by atoms with Crippen LogP contribution in [0.15, 0.2) is 16.2 Å². The molecule has 1 N–H and O–H groups in total.